The standard InChI is InChI=1S/C19H15N3O3S2/c1-24-14-7-5-12(10-15(14)25-2)11-16-18(23)22-19(27-16)20-17(21-22)8-6-13-4-3-9-26-13/h3-11H,1-2H3. The van der Waals surface area contributed by atoms with Crippen LogP contribution in [0.5, 0.6) is 11.5 Å². The minimum atomic E-state index is -0.187. The van der Waals surface area contributed by atoms with Gasteiger partial charge in [-0.3, -0.25) is 4.79 Å². The fourth-order valence-electron chi connectivity index (χ4n) is 2.56. The third kappa shape index (κ3) is 3.49. The quantitative estimate of drug-likeness (QED) is 0.518. The summed E-state index contributed by atoms with van der Waals surface area (Å²) in [4.78, 5) is 18.7. The molecule has 0 fully saturated rings. The van der Waals surface area contributed by atoms with E-state index in [0.717, 1.165) is 10.4 Å². The Kier molecular flexibility index (Phi) is 4.74. The third-order valence-electron chi connectivity index (χ3n) is 3.84. The van der Waals surface area contributed by atoms with Gasteiger partial charge in [-0.1, -0.05) is 23.5 Å². The third-order valence-corrected chi connectivity index (χ3v) is 5.64. The second-order valence-corrected chi connectivity index (χ2v) is 7.53. The summed E-state index contributed by atoms with van der Waals surface area (Å²) in [6, 6.07) is 9.49. The van der Waals surface area contributed by atoms with Gasteiger partial charge in [-0.05, 0) is 47.4 Å². The van der Waals surface area contributed by atoms with Crippen molar-refractivity contribution in [2.75, 3.05) is 14.2 Å². The molecule has 0 saturated heterocycles. The number of hydrogen-bond donors (Lipinski definition) is 0. The van der Waals surface area contributed by atoms with Gasteiger partial charge in [0.05, 0.1) is 18.8 Å². The molecule has 0 aliphatic heterocycles. The van der Waals surface area contributed by atoms with Gasteiger partial charge < -0.3 is 9.47 Å². The number of rotatable bonds is 5. The first-order valence-electron chi connectivity index (χ1n) is 8.03. The van der Waals surface area contributed by atoms with E-state index in [-0.39, 0.29) is 5.56 Å². The van der Waals surface area contributed by atoms with Gasteiger partial charge in [0.2, 0.25) is 4.96 Å². The largest absolute Gasteiger partial charge is 0.493 e. The number of benzene rings is 1. The molecule has 0 saturated carbocycles. The molecule has 0 unspecified atom stereocenters. The minimum absolute atomic E-state index is 0.187. The van der Waals surface area contributed by atoms with Crippen molar-refractivity contribution in [2.24, 2.45) is 0 Å². The Morgan fingerprint density at radius 3 is 2.67 bits per heavy atom. The maximum absolute atomic E-state index is 12.6. The predicted octanol–water partition coefficient (Wildman–Crippen LogP) is 2.95. The van der Waals surface area contributed by atoms with Gasteiger partial charge in [0, 0.05) is 4.88 Å². The molecule has 0 radical (unpaired) electrons. The highest BCUT2D eigenvalue weighted by molar-refractivity contribution is 7.15. The number of methoxy groups -OCH3 is 2. The van der Waals surface area contributed by atoms with Gasteiger partial charge in [-0.2, -0.15) is 9.50 Å². The normalized spacial score (nSPS) is 12.3. The van der Waals surface area contributed by atoms with Crippen LogP contribution < -0.4 is 19.6 Å². The Labute approximate surface area is 162 Å². The van der Waals surface area contributed by atoms with Crippen LogP contribution in [-0.4, -0.2) is 28.8 Å². The second-order valence-electron chi connectivity index (χ2n) is 5.54. The summed E-state index contributed by atoms with van der Waals surface area (Å²) in [6.45, 7) is 0. The molecule has 0 spiro atoms. The Morgan fingerprint density at radius 1 is 1.11 bits per heavy atom. The van der Waals surface area contributed by atoms with Crippen LogP contribution in [0.3, 0.4) is 0 Å². The molecular weight excluding hydrogens is 382 g/mol. The molecule has 6 nitrogen and oxygen atoms in total. The molecule has 27 heavy (non-hydrogen) atoms. The summed E-state index contributed by atoms with van der Waals surface area (Å²) in [7, 11) is 3.16. The summed E-state index contributed by atoms with van der Waals surface area (Å²) in [6.07, 6.45) is 5.54. The molecular formula is C19H15N3O3S2. The van der Waals surface area contributed by atoms with Crippen LogP contribution >= 0.6 is 22.7 Å². The fraction of sp³-hybridized carbons (Fsp3) is 0.105. The smallest absolute Gasteiger partial charge is 0.291 e. The van der Waals surface area contributed by atoms with Gasteiger partial charge in [-0.15, -0.1) is 16.4 Å². The van der Waals surface area contributed by atoms with E-state index in [4.69, 9.17) is 9.47 Å². The van der Waals surface area contributed by atoms with Crippen LogP contribution in [0.15, 0.2) is 40.5 Å². The number of thiophene rings is 1. The summed E-state index contributed by atoms with van der Waals surface area (Å²) < 4.78 is 12.4. The summed E-state index contributed by atoms with van der Waals surface area (Å²) in [5.41, 5.74) is 0.653. The number of hydrogen-bond acceptors (Lipinski definition) is 7. The summed E-state index contributed by atoms with van der Waals surface area (Å²) in [5.74, 6) is 1.77. The lowest BCUT2D eigenvalue weighted by Gasteiger charge is -2.07. The monoisotopic (exact) mass is 397 g/mol. The zero-order valence-corrected chi connectivity index (χ0v) is 16.2. The lowest BCUT2D eigenvalue weighted by atomic mass is 10.2. The number of ether oxygens (including phenoxy) is 2. The maximum atomic E-state index is 12.6. The minimum Gasteiger partial charge on any atom is -0.493 e. The molecule has 4 aromatic rings. The Hall–Kier alpha value is -2.97. The highest BCUT2D eigenvalue weighted by Crippen LogP contribution is 2.27. The maximum Gasteiger partial charge on any atom is 0.291 e. The number of aromatic nitrogens is 3. The molecule has 136 valence electrons. The topological polar surface area (TPSA) is 65.7 Å². The summed E-state index contributed by atoms with van der Waals surface area (Å²) >= 11 is 2.94. The van der Waals surface area contributed by atoms with Crippen LogP contribution in [0.25, 0.3) is 23.2 Å². The number of nitrogens with zero attached hydrogens (tertiary/aromatic N) is 3. The van der Waals surface area contributed by atoms with Crippen molar-refractivity contribution in [1.29, 1.82) is 0 Å². The molecule has 4 rings (SSSR count). The van der Waals surface area contributed by atoms with Crippen LogP contribution in [0.2, 0.25) is 0 Å². The number of thiazole rings is 1. The van der Waals surface area contributed by atoms with Crippen LogP contribution in [-0.2, 0) is 0 Å². The zero-order valence-electron chi connectivity index (χ0n) is 14.6. The van der Waals surface area contributed by atoms with Crippen LogP contribution in [0.4, 0.5) is 0 Å². The van der Waals surface area contributed by atoms with Crippen molar-refractivity contribution < 1.29 is 9.47 Å². The molecule has 0 aliphatic carbocycles. The van der Waals surface area contributed by atoms with Crippen molar-refractivity contribution in [1.82, 2.24) is 14.6 Å². The van der Waals surface area contributed by atoms with Crippen molar-refractivity contribution in [2.45, 2.75) is 0 Å². The van der Waals surface area contributed by atoms with Gasteiger partial charge in [0.1, 0.15) is 0 Å². The van der Waals surface area contributed by atoms with Crippen molar-refractivity contribution in [3.63, 3.8) is 0 Å². The molecule has 0 bridgehead atoms. The lowest BCUT2D eigenvalue weighted by molar-refractivity contribution is 0.355. The van der Waals surface area contributed by atoms with E-state index >= 15 is 0 Å². The molecule has 0 N–H and O–H groups in total. The van der Waals surface area contributed by atoms with E-state index in [0.29, 0.717) is 26.8 Å². The average molecular weight is 397 g/mol. The Bertz CT molecular complexity index is 1220. The molecule has 0 amide bonds. The Morgan fingerprint density at radius 2 is 1.96 bits per heavy atom. The van der Waals surface area contributed by atoms with E-state index in [2.05, 4.69) is 10.1 Å². The van der Waals surface area contributed by atoms with Crippen molar-refractivity contribution in [3.05, 3.63) is 66.9 Å². The highest BCUT2D eigenvalue weighted by Gasteiger charge is 2.09. The van der Waals surface area contributed by atoms with E-state index in [1.54, 1.807) is 37.7 Å². The van der Waals surface area contributed by atoms with Gasteiger partial charge in [0.15, 0.2) is 17.3 Å². The molecule has 8 heteroatoms. The average Bonchev–Trinajstić information content (AvgIpc) is 3.39. The molecule has 1 aromatic carbocycles. The number of fused-ring (bicyclic) bond motifs is 1. The van der Waals surface area contributed by atoms with Crippen molar-refractivity contribution >= 4 is 45.9 Å². The second kappa shape index (κ2) is 7.34. The zero-order chi connectivity index (χ0) is 18.8. The van der Waals surface area contributed by atoms with E-state index in [1.807, 2.05) is 41.8 Å². The molecule has 3 aromatic heterocycles. The molecule has 3 heterocycles. The van der Waals surface area contributed by atoms with Gasteiger partial charge in [0.25, 0.3) is 5.56 Å². The van der Waals surface area contributed by atoms with E-state index < -0.39 is 0 Å². The fourth-order valence-corrected chi connectivity index (χ4v) is 4.09. The first kappa shape index (κ1) is 17.4. The molecule has 0 atom stereocenters. The lowest BCUT2D eigenvalue weighted by Crippen LogP contribution is -2.23. The first-order chi connectivity index (χ1) is 13.2. The van der Waals surface area contributed by atoms with Crippen molar-refractivity contribution in [3.8, 4) is 11.5 Å². The SMILES string of the molecule is COc1ccc(C=c2sc3nc(C=Cc4cccs4)nn3c2=O)cc1OC. The Balaban J connectivity index is 1.69. The van der Waals surface area contributed by atoms with E-state index in [9.17, 15) is 4.79 Å². The van der Waals surface area contributed by atoms with Gasteiger partial charge >= 0.3 is 0 Å². The van der Waals surface area contributed by atoms with Crippen LogP contribution in [0.1, 0.15) is 16.3 Å². The summed E-state index contributed by atoms with van der Waals surface area (Å²) in [5, 5.41) is 6.30. The predicted molar refractivity (Wildman–Crippen MR) is 109 cm³/mol. The first-order valence-corrected chi connectivity index (χ1v) is 9.72. The molecule has 0 aliphatic rings. The highest BCUT2D eigenvalue weighted by atomic mass is 32.1. The van der Waals surface area contributed by atoms with Gasteiger partial charge in [-0.25, -0.2) is 0 Å². The van der Waals surface area contributed by atoms with E-state index in [1.165, 1.54) is 15.9 Å². The van der Waals surface area contributed by atoms with Crippen LogP contribution in [0, 0.1) is 0 Å².